The number of halogens is 1. The van der Waals surface area contributed by atoms with Gasteiger partial charge in [-0.25, -0.2) is 0 Å². The van der Waals surface area contributed by atoms with Crippen molar-refractivity contribution in [2.24, 2.45) is 0 Å². The molecule has 0 atom stereocenters. The molecule has 0 aliphatic rings. The molecular weight excluding hydrogens is 188 g/mol. The summed E-state index contributed by atoms with van der Waals surface area (Å²) in [7, 11) is 0. The Hall–Kier alpha value is 0.120. The normalized spacial score (nSPS) is 9.83. The predicted octanol–water partition coefficient (Wildman–Crippen LogP) is 4.32. The second-order valence-electron chi connectivity index (χ2n) is 2.86. The van der Waals surface area contributed by atoms with Crippen LogP contribution in [0.4, 0.5) is 0 Å². The molecule has 72 valence electrons. The number of unbranched alkanes of at least 4 members (excludes halogenated alkanes) is 4. The Morgan fingerprint density at radius 1 is 1.25 bits per heavy atom. The number of allylic oxidation sites excluding steroid dienone is 2. The van der Waals surface area contributed by atoms with Gasteiger partial charge < -0.3 is 0 Å². The van der Waals surface area contributed by atoms with Crippen LogP contribution in [0.25, 0.3) is 0 Å². The van der Waals surface area contributed by atoms with Crippen LogP contribution in [0.5, 0.6) is 0 Å². The number of rotatable bonds is 6. The smallest absolute Gasteiger partial charge is 0.0118 e. The van der Waals surface area contributed by atoms with E-state index < -0.39 is 0 Å². The van der Waals surface area contributed by atoms with E-state index in [-0.39, 0.29) is 12.4 Å². The lowest BCUT2D eigenvalue weighted by molar-refractivity contribution is 0.674. The van der Waals surface area contributed by atoms with Crippen molar-refractivity contribution in [2.45, 2.75) is 46.0 Å². The Labute approximate surface area is 87.8 Å². The van der Waals surface area contributed by atoms with Gasteiger partial charge in [0.15, 0.2) is 0 Å². The van der Waals surface area contributed by atoms with Crippen molar-refractivity contribution >= 4 is 29.5 Å². The van der Waals surface area contributed by atoms with Gasteiger partial charge in [0, 0.05) is 4.86 Å². The first-order valence-electron chi connectivity index (χ1n) is 4.44. The van der Waals surface area contributed by atoms with Crippen LogP contribution in [0.3, 0.4) is 0 Å². The third-order valence-corrected chi connectivity index (χ3v) is 1.71. The zero-order valence-electron chi connectivity index (χ0n) is 8.01. The highest BCUT2D eigenvalue weighted by Gasteiger charge is 1.84. The van der Waals surface area contributed by atoms with E-state index in [4.69, 9.17) is 12.2 Å². The fourth-order valence-electron chi connectivity index (χ4n) is 0.938. The molecule has 0 aromatic rings. The fraction of sp³-hybridized carbons (Fsp3) is 0.700. The van der Waals surface area contributed by atoms with Gasteiger partial charge in [-0.15, -0.1) is 12.4 Å². The number of thiocarbonyl (C=S) groups is 1. The molecule has 12 heavy (non-hydrogen) atoms. The molecular formula is C10H19ClS. The highest BCUT2D eigenvalue weighted by molar-refractivity contribution is 7.80. The van der Waals surface area contributed by atoms with Gasteiger partial charge in [0.05, 0.1) is 0 Å². The lowest BCUT2D eigenvalue weighted by Crippen LogP contribution is -1.77. The summed E-state index contributed by atoms with van der Waals surface area (Å²) >= 11 is 4.91. The molecule has 0 saturated heterocycles. The zero-order chi connectivity index (χ0) is 8.53. The van der Waals surface area contributed by atoms with Gasteiger partial charge in [-0.2, -0.15) is 0 Å². The molecule has 0 fully saturated rings. The fourth-order valence-corrected chi connectivity index (χ4v) is 1.03. The Morgan fingerprint density at radius 3 is 2.42 bits per heavy atom. The Bertz CT molecular complexity index is 130. The van der Waals surface area contributed by atoms with E-state index in [2.05, 4.69) is 13.0 Å². The average molecular weight is 207 g/mol. The summed E-state index contributed by atoms with van der Waals surface area (Å²) in [5.41, 5.74) is 0. The monoisotopic (exact) mass is 206 g/mol. The average Bonchev–Trinajstić information content (AvgIpc) is 1.96. The largest absolute Gasteiger partial charge is 0.147 e. The van der Waals surface area contributed by atoms with Crippen molar-refractivity contribution in [3.8, 4) is 0 Å². The van der Waals surface area contributed by atoms with E-state index in [1.165, 1.54) is 32.1 Å². The maximum absolute atomic E-state index is 4.91. The molecule has 0 saturated carbocycles. The predicted molar refractivity (Wildman–Crippen MR) is 63.4 cm³/mol. The summed E-state index contributed by atoms with van der Waals surface area (Å²) in [4.78, 5) is 0.987. The topological polar surface area (TPSA) is 0 Å². The zero-order valence-corrected chi connectivity index (χ0v) is 9.64. The summed E-state index contributed by atoms with van der Waals surface area (Å²) in [6, 6.07) is 0. The first-order valence-corrected chi connectivity index (χ1v) is 4.85. The second-order valence-corrected chi connectivity index (χ2v) is 3.51. The summed E-state index contributed by atoms with van der Waals surface area (Å²) < 4.78 is 0. The minimum Gasteiger partial charge on any atom is -0.147 e. The third-order valence-electron chi connectivity index (χ3n) is 1.58. The Morgan fingerprint density at radius 2 is 1.92 bits per heavy atom. The van der Waals surface area contributed by atoms with Crippen molar-refractivity contribution < 1.29 is 0 Å². The lowest BCUT2D eigenvalue weighted by atomic mass is 10.1. The van der Waals surface area contributed by atoms with Crippen molar-refractivity contribution in [1.82, 2.24) is 0 Å². The molecule has 0 unspecified atom stereocenters. The van der Waals surface area contributed by atoms with Gasteiger partial charge in [0.2, 0.25) is 0 Å². The van der Waals surface area contributed by atoms with Crippen LogP contribution in [-0.2, 0) is 0 Å². The molecule has 0 spiro atoms. The third kappa shape index (κ3) is 12.8. The highest BCUT2D eigenvalue weighted by atomic mass is 35.5. The maximum atomic E-state index is 4.91. The maximum Gasteiger partial charge on any atom is 0.0118 e. The number of hydrogen-bond donors (Lipinski definition) is 0. The summed E-state index contributed by atoms with van der Waals surface area (Å²) in [5.74, 6) is 0. The van der Waals surface area contributed by atoms with Gasteiger partial charge in [-0.3, -0.25) is 0 Å². The van der Waals surface area contributed by atoms with Crippen molar-refractivity contribution in [3.63, 3.8) is 0 Å². The second kappa shape index (κ2) is 11.1. The van der Waals surface area contributed by atoms with Crippen molar-refractivity contribution in [2.75, 3.05) is 0 Å². The Kier molecular flexibility index (Phi) is 13.6. The van der Waals surface area contributed by atoms with E-state index in [9.17, 15) is 0 Å². The summed E-state index contributed by atoms with van der Waals surface area (Å²) in [6.45, 7) is 4.19. The molecule has 0 aliphatic heterocycles. The van der Waals surface area contributed by atoms with Crippen LogP contribution in [0.1, 0.15) is 46.0 Å². The van der Waals surface area contributed by atoms with Gasteiger partial charge in [0.25, 0.3) is 0 Å². The quantitative estimate of drug-likeness (QED) is 0.354. The van der Waals surface area contributed by atoms with E-state index in [1.54, 1.807) is 0 Å². The standard InChI is InChI=1S/C10H18S.ClH/c1-3-4-5-6-7-8-9-10(2)11;/h8-9H,3-7H2,1-2H3;1H. The van der Waals surface area contributed by atoms with Crippen LogP contribution in [0.15, 0.2) is 12.2 Å². The van der Waals surface area contributed by atoms with E-state index in [0.29, 0.717) is 0 Å². The van der Waals surface area contributed by atoms with Crippen LogP contribution in [0, 0.1) is 0 Å². The van der Waals surface area contributed by atoms with Gasteiger partial charge in [0.1, 0.15) is 0 Å². The molecule has 0 radical (unpaired) electrons. The first-order chi connectivity index (χ1) is 5.27. The molecule has 0 N–H and O–H groups in total. The molecule has 0 aromatic heterocycles. The van der Waals surface area contributed by atoms with Crippen LogP contribution < -0.4 is 0 Å². The van der Waals surface area contributed by atoms with Crippen molar-refractivity contribution in [1.29, 1.82) is 0 Å². The molecule has 0 rings (SSSR count). The first kappa shape index (κ1) is 14.6. The molecule has 0 nitrogen and oxygen atoms in total. The SMILES string of the molecule is CCCCCCC=CC(C)=S.Cl. The lowest BCUT2D eigenvalue weighted by Gasteiger charge is -1.93. The van der Waals surface area contributed by atoms with Crippen LogP contribution in [0.2, 0.25) is 0 Å². The Balaban J connectivity index is 0. The molecule has 0 bridgehead atoms. The molecule has 0 heterocycles. The molecule has 0 aliphatic carbocycles. The summed E-state index contributed by atoms with van der Waals surface area (Å²) in [6.07, 6.45) is 10.7. The van der Waals surface area contributed by atoms with E-state index in [1.807, 2.05) is 13.0 Å². The van der Waals surface area contributed by atoms with Crippen LogP contribution in [-0.4, -0.2) is 4.86 Å². The van der Waals surface area contributed by atoms with Gasteiger partial charge >= 0.3 is 0 Å². The van der Waals surface area contributed by atoms with E-state index >= 15 is 0 Å². The van der Waals surface area contributed by atoms with Crippen LogP contribution >= 0.6 is 24.6 Å². The molecule has 0 amide bonds. The molecule has 0 aromatic carbocycles. The van der Waals surface area contributed by atoms with Gasteiger partial charge in [-0.1, -0.05) is 50.6 Å². The van der Waals surface area contributed by atoms with E-state index in [0.717, 1.165) is 4.86 Å². The highest BCUT2D eigenvalue weighted by Crippen LogP contribution is 2.02. The summed E-state index contributed by atoms with van der Waals surface area (Å²) in [5, 5.41) is 0. The minimum absolute atomic E-state index is 0. The number of hydrogen-bond acceptors (Lipinski definition) is 1. The van der Waals surface area contributed by atoms with Gasteiger partial charge in [-0.05, 0) is 19.8 Å². The molecule has 2 heteroatoms. The minimum atomic E-state index is 0. The van der Waals surface area contributed by atoms with Crippen molar-refractivity contribution in [3.05, 3.63) is 12.2 Å².